The van der Waals surface area contributed by atoms with E-state index in [0.29, 0.717) is 18.8 Å². The molecule has 0 saturated heterocycles. The lowest BCUT2D eigenvalue weighted by molar-refractivity contribution is 0.105. The van der Waals surface area contributed by atoms with Gasteiger partial charge < -0.3 is 24.8 Å². The molecular formula is C21H34IN3O3. The zero-order chi connectivity index (χ0) is 19.0. The molecule has 1 saturated carbocycles. The second-order valence-electron chi connectivity index (χ2n) is 7.39. The maximum atomic E-state index is 5.62. The molecule has 1 aliphatic carbocycles. The number of hydrogen-bond acceptors (Lipinski definition) is 4. The summed E-state index contributed by atoms with van der Waals surface area (Å²) in [4.78, 5) is 4.76. The summed E-state index contributed by atoms with van der Waals surface area (Å²) in [7, 11) is 0. The van der Waals surface area contributed by atoms with Crippen LogP contribution in [0.2, 0.25) is 0 Å². The van der Waals surface area contributed by atoms with Crippen molar-refractivity contribution in [2.75, 3.05) is 33.1 Å². The fraction of sp³-hybridized carbons (Fsp3) is 0.667. The fourth-order valence-corrected chi connectivity index (χ4v) is 3.90. The molecule has 1 fully saturated rings. The first-order valence-corrected chi connectivity index (χ1v) is 10.2. The highest BCUT2D eigenvalue weighted by Crippen LogP contribution is 2.40. The Labute approximate surface area is 185 Å². The van der Waals surface area contributed by atoms with Crippen molar-refractivity contribution >= 4 is 29.9 Å². The highest BCUT2D eigenvalue weighted by Gasteiger charge is 2.33. The molecule has 0 aromatic heterocycles. The molecule has 6 nitrogen and oxygen atoms in total. The predicted octanol–water partition coefficient (Wildman–Crippen LogP) is 4.08. The molecule has 28 heavy (non-hydrogen) atoms. The van der Waals surface area contributed by atoms with Crippen molar-refractivity contribution in [2.45, 2.75) is 52.5 Å². The van der Waals surface area contributed by atoms with Crippen LogP contribution < -0.4 is 20.1 Å². The summed E-state index contributed by atoms with van der Waals surface area (Å²) in [5.74, 6) is 2.49. The molecule has 1 aromatic rings. The van der Waals surface area contributed by atoms with Crippen LogP contribution in [0.25, 0.3) is 0 Å². The molecule has 0 amide bonds. The normalized spacial score (nSPS) is 17.3. The number of nitrogens with zero attached hydrogens (tertiary/aromatic N) is 1. The van der Waals surface area contributed by atoms with Crippen LogP contribution in [0.15, 0.2) is 23.2 Å². The van der Waals surface area contributed by atoms with Gasteiger partial charge in [0.05, 0.1) is 6.54 Å². The van der Waals surface area contributed by atoms with Crippen LogP contribution in [-0.4, -0.2) is 39.1 Å². The van der Waals surface area contributed by atoms with Gasteiger partial charge in [0.25, 0.3) is 0 Å². The molecule has 0 spiro atoms. The maximum absolute atomic E-state index is 5.62. The van der Waals surface area contributed by atoms with Gasteiger partial charge >= 0.3 is 0 Å². The third kappa shape index (κ3) is 6.40. The van der Waals surface area contributed by atoms with Crippen molar-refractivity contribution in [3.8, 4) is 11.5 Å². The average molecular weight is 503 g/mol. The lowest BCUT2D eigenvalue weighted by Crippen LogP contribution is -2.43. The van der Waals surface area contributed by atoms with E-state index in [9.17, 15) is 0 Å². The molecule has 0 unspecified atom stereocenters. The van der Waals surface area contributed by atoms with Crippen molar-refractivity contribution in [1.82, 2.24) is 10.6 Å². The number of ether oxygens (including phenoxy) is 3. The molecule has 0 atom stereocenters. The van der Waals surface area contributed by atoms with Crippen LogP contribution in [0.3, 0.4) is 0 Å². The minimum Gasteiger partial charge on any atom is -0.454 e. The zero-order valence-electron chi connectivity index (χ0n) is 17.1. The van der Waals surface area contributed by atoms with Crippen LogP contribution >= 0.6 is 24.0 Å². The number of halogens is 1. The monoisotopic (exact) mass is 503 g/mol. The van der Waals surface area contributed by atoms with E-state index in [1.165, 1.54) is 25.7 Å². The highest BCUT2D eigenvalue weighted by molar-refractivity contribution is 14.0. The van der Waals surface area contributed by atoms with Gasteiger partial charge in [0.15, 0.2) is 17.5 Å². The Morgan fingerprint density at radius 2 is 1.93 bits per heavy atom. The summed E-state index contributed by atoms with van der Waals surface area (Å²) >= 11 is 0. The molecule has 7 heteroatoms. The maximum Gasteiger partial charge on any atom is 0.231 e. The Hall–Kier alpha value is -1.22. The first kappa shape index (κ1) is 23.1. The quantitative estimate of drug-likeness (QED) is 0.230. The van der Waals surface area contributed by atoms with E-state index in [1.807, 2.05) is 18.2 Å². The molecule has 2 N–H and O–H groups in total. The van der Waals surface area contributed by atoms with E-state index < -0.39 is 0 Å². The second-order valence-corrected chi connectivity index (χ2v) is 7.39. The molecule has 1 aliphatic heterocycles. The summed E-state index contributed by atoms with van der Waals surface area (Å²) < 4.78 is 16.4. The van der Waals surface area contributed by atoms with Crippen LogP contribution in [0, 0.1) is 5.41 Å². The summed E-state index contributed by atoms with van der Waals surface area (Å²) in [6.07, 6.45) is 6.30. The van der Waals surface area contributed by atoms with Gasteiger partial charge in [-0.05, 0) is 56.2 Å². The molecule has 2 aliphatic rings. The average Bonchev–Trinajstić information content (AvgIpc) is 3.33. The molecule has 1 heterocycles. The van der Waals surface area contributed by atoms with Crippen LogP contribution in [-0.2, 0) is 11.3 Å². The van der Waals surface area contributed by atoms with Gasteiger partial charge in [-0.25, -0.2) is 4.99 Å². The van der Waals surface area contributed by atoms with Gasteiger partial charge in [0.1, 0.15) is 0 Å². The lowest BCUT2D eigenvalue weighted by Gasteiger charge is -2.30. The van der Waals surface area contributed by atoms with Crippen molar-refractivity contribution in [3.05, 3.63) is 23.8 Å². The molecule has 0 radical (unpaired) electrons. The van der Waals surface area contributed by atoms with E-state index in [-0.39, 0.29) is 24.0 Å². The topological polar surface area (TPSA) is 64.1 Å². The van der Waals surface area contributed by atoms with Gasteiger partial charge in [0, 0.05) is 26.3 Å². The van der Waals surface area contributed by atoms with E-state index in [0.717, 1.165) is 55.7 Å². The summed E-state index contributed by atoms with van der Waals surface area (Å²) in [6, 6.07) is 6.01. The Bertz CT molecular complexity index is 633. The minimum absolute atomic E-state index is 0. The third-order valence-electron chi connectivity index (χ3n) is 5.48. The van der Waals surface area contributed by atoms with E-state index in [2.05, 4.69) is 24.5 Å². The van der Waals surface area contributed by atoms with Crippen molar-refractivity contribution in [2.24, 2.45) is 10.4 Å². The standard InChI is InChI=1S/C21H33N3O3.HI/c1-3-22-20(23-14-17-7-8-18-19(13-17)27-16-26-18)24-15-21(9-5-6-10-21)11-12-25-4-2;/h7-8,13H,3-6,9-12,14-16H2,1-2H3,(H2,22,23,24);1H. The zero-order valence-corrected chi connectivity index (χ0v) is 19.4. The Balaban J connectivity index is 0.00000280. The van der Waals surface area contributed by atoms with E-state index >= 15 is 0 Å². The Kier molecular flexibility index (Phi) is 9.64. The SMILES string of the molecule is CCNC(=NCc1ccc2c(c1)OCO2)NCC1(CCOCC)CCCC1.I. The minimum atomic E-state index is 0. The third-order valence-corrected chi connectivity index (χ3v) is 5.48. The van der Waals surface area contributed by atoms with Gasteiger partial charge in [0.2, 0.25) is 6.79 Å². The smallest absolute Gasteiger partial charge is 0.231 e. The van der Waals surface area contributed by atoms with Gasteiger partial charge in [-0.15, -0.1) is 24.0 Å². The number of benzene rings is 1. The number of nitrogens with one attached hydrogen (secondary N) is 2. The number of hydrogen-bond donors (Lipinski definition) is 2. The van der Waals surface area contributed by atoms with Gasteiger partial charge in [-0.2, -0.15) is 0 Å². The highest BCUT2D eigenvalue weighted by atomic mass is 127. The number of aliphatic imine (C=N–C) groups is 1. The Morgan fingerprint density at radius 1 is 1.14 bits per heavy atom. The summed E-state index contributed by atoms with van der Waals surface area (Å²) in [5, 5.41) is 6.95. The van der Waals surface area contributed by atoms with Crippen LogP contribution in [0.5, 0.6) is 11.5 Å². The van der Waals surface area contributed by atoms with Crippen LogP contribution in [0.4, 0.5) is 0 Å². The Morgan fingerprint density at radius 3 is 2.68 bits per heavy atom. The summed E-state index contributed by atoms with van der Waals surface area (Å²) in [5.41, 5.74) is 1.45. The summed E-state index contributed by atoms with van der Waals surface area (Å²) in [6.45, 7) is 8.51. The molecule has 3 rings (SSSR count). The van der Waals surface area contributed by atoms with Crippen LogP contribution in [0.1, 0.15) is 51.5 Å². The molecule has 158 valence electrons. The van der Waals surface area contributed by atoms with E-state index in [1.54, 1.807) is 0 Å². The number of fused-ring (bicyclic) bond motifs is 1. The van der Waals surface area contributed by atoms with Crippen molar-refractivity contribution in [3.63, 3.8) is 0 Å². The largest absolute Gasteiger partial charge is 0.454 e. The first-order chi connectivity index (χ1) is 13.2. The van der Waals surface area contributed by atoms with Crippen molar-refractivity contribution in [1.29, 1.82) is 0 Å². The molecule has 1 aromatic carbocycles. The predicted molar refractivity (Wildman–Crippen MR) is 123 cm³/mol. The number of rotatable bonds is 9. The molecular weight excluding hydrogens is 469 g/mol. The van der Waals surface area contributed by atoms with E-state index in [4.69, 9.17) is 19.2 Å². The van der Waals surface area contributed by atoms with Gasteiger partial charge in [-0.3, -0.25) is 0 Å². The second kappa shape index (κ2) is 11.7. The van der Waals surface area contributed by atoms with Crippen molar-refractivity contribution < 1.29 is 14.2 Å². The molecule has 0 bridgehead atoms. The first-order valence-electron chi connectivity index (χ1n) is 10.2. The lowest BCUT2D eigenvalue weighted by atomic mass is 9.83. The van der Waals surface area contributed by atoms with Gasteiger partial charge in [-0.1, -0.05) is 18.9 Å². The number of guanidine groups is 1. The fourth-order valence-electron chi connectivity index (χ4n) is 3.90.